The summed E-state index contributed by atoms with van der Waals surface area (Å²) < 4.78 is 0. The van der Waals surface area contributed by atoms with Crippen molar-refractivity contribution in [2.45, 2.75) is 90.3 Å². The highest BCUT2D eigenvalue weighted by atomic mass is 16.3. The van der Waals surface area contributed by atoms with E-state index >= 15 is 0 Å². The van der Waals surface area contributed by atoms with Crippen LogP contribution in [0.2, 0.25) is 0 Å². The summed E-state index contributed by atoms with van der Waals surface area (Å²) in [6, 6.07) is 0. The summed E-state index contributed by atoms with van der Waals surface area (Å²) >= 11 is 0. The minimum atomic E-state index is -0.434. The fraction of sp³-hybridized carbons (Fsp3) is 0.905. The Morgan fingerprint density at radius 1 is 1.09 bits per heavy atom. The minimum Gasteiger partial charge on any atom is -0.393 e. The molecule has 1 unspecified atom stereocenters. The molecule has 0 aromatic rings. The molecule has 2 heteroatoms. The molecule has 0 spiro atoms. The van der Waals surface area contributed by atoms with Crippen molar-refractivity contribution >= 4 is 0 Å². The molecule has 2 N–H and O–H groups in total. The Kier molecular flexibility index (Phi) is 3.57. The zero-order chi connectivity index (χ0) is 16.5. The van der Waals surface area contributed by atoms with Crippen molar-refractivity contribution in [1.82, 2.24) is 0 Å². The van der Waals surface area contributed by atoms with E-state index in [4.69, 9.17) is 0 Å². The largest absolute Gasteiger partial charge is 0.393 e. The van der Waals surface area contributed by atoms with Gasteiger partial charge >= 0.3 is 0 Å². The first-order valence-electron chi connectivity index (χ1n) is 9.94. The number of rotatable bonds is 1. The van der Waals surface area contributed by atoms with Crippen LogP contribution in [0.3, 0.4) is 0 Å². The average Bonchev–Trinajstić information content (AvgIpc) is 2.80. The Balaban J connectivity index is 1.68. The second kappa shape index (κ2) is 5.08. The molecule has 4 aliphatic carbocycles. The van der Waals surface area contributed by atoms with Gasteiger partial charge in [-0.15, -0.1) is 0 Å². The molecule has 0 aliphatic heterocycles. The topological polar surface area (TPSA) is 40.5 Å². The molecular weight excluding hydrogens is 284 g/mol. The Morgan fingerprint density at radius 2 is 1.83 bits per heavy atom. The highest BCUT2D eigenvalue weighted by Gasteiger charge is 2.62. The van der Waals surface area contributed by atoms with Gasteiger partial charge in [0.25, 0.3) is 0 Å². The molecule has 3 fully saturated rings. The maximum Gasteiger partial charge on any atom is 0.0701 e. The first-order valence-corrected chi connectivity index (χ1v) is 9.94. The lowest BCUT2D eigenvalue weighted by molar-refractivity contribution is -0.125. The third kappa shape index (κ3) is 2.00. The minimum absolute atomic E-state index is 0.114. The van der Waals surface area contributed by atoms with E-state index in [1.54, 1.807) is 5.57 Å². The standard InChI is InChI=1S/C21H34O2/c1-4-21(23)12-9-18-16-6-5-14-13-15(22)7-10-19(14,2)17(16)8-11-20(18,21)3/h5,15-18,22-23H,4,6-13H2,1-3H3/t15?,16-,17+,18+,19+,20+,21-/m1/s1. The Bertz CT molecular complexity index is 526. The van der Waals surface area contributed by atoms with Gasteiger partial charge in [-0.05, 0) is 86.4 Å². The predicted molar refractivity (Wildman–Crippen MR) is 93.0 cm³/mol. The predicted octanol–water partition coefficient (Wildman–Crippen LogP) is 4.45. The van der Waals surface area contributed by atoms with Crippen molar-refractivity contribution in [2.24, 2.45) is 28.6 Å². The quantitative estimate of drug-likeness (QED) is 0.701. The number of aliphatic hydroxyl groups excluding tert-OH is 1. The molecule has 23 heavy (non-hydrogen) atoms. The molecule has 130 valence electrons. The van der Waals surface area contributed by atoms with Gasteiger partial charge in [0.2, 0.25) is 0 Å². The lowest BCUT2D eigenvalue weighted by Crippen LogP contribution is -2.54. The fourth-order valence-electron chi connectivity index (χ4n) is 7.33. The van der Waals surface area contributed by atoms with Crippen LogP contribution in [0.5, 0.6) is 0 Å². The van der Waals surface area contributed by atoms with Crippen LogP contribution in [-0.4, -0.2) is 21.9 Å². The maximum atomic E-state index is 11.2. The first kappa shape index (κ1) is 16.1. The van der Waals surface area contributed by atoms with Gasteiger partial charge in [0.15, 0.2) is 0 Å². The highest BCUT2D eigenvalue weighted by molar-refractivity contribution is 5.26. The molecule has 0 heterocycles. The van der Waals surface area contributed by atoms with Gasteiger partial charge in [-0.25, -0.2) is 0 Å². The van der Waals surface area contributed by atoms with Crippen molar-refractivity contribution in [3.63, 3.8) is 0 Å². The third-order valence-electron chi connectivity index (χ3n) is 8.98. The molecule has 0 amide bonds. The van der Waals surface area contributed by atoms with Gasteiger partial charge in [-0.3, -0.25) is 0 Å². The summed E-state index contributed by atoms with van der Waals surface area (Å²) in [5, 5.41) is 21.3. The summed E-state index contributed by atoms with van der Waals surface area (Å²) in [6.45, 7) is 7.03. The van der Waals surface area contributed by atoms with Gasteiger partial charge in [0.1, 0.15) is 0 Å². The molecule has 7 atom stereocenters. The number of fused-ring (bicyclic) bond motifs is 5. The second-order valence-corrected chi connectivity index (χ2v) is 9.54. The number of aliphatic hydroxyl groups is 2. The summed E-state index contributed by atoms with van der Waals surface area (Å²) in [5.74, 6) is 2.21. The summed E-state index contributed by atoms with van der Waals surface area (Å²) in [7, 11) is 0. The van der Waals surface area contributed by atoms with Crippen LogP contribution in [-0.2, 0) is 0 Å². The van der Waals surface area contributed by atoms with E-state index in [1.165, 1.54) is 25.7 Å². The maximum absolute atomic E-state index is 11.2. The Labute approximate surface area is 141 Å². The lowest BCUT2D eigenvalue weighted by atomic mass is 9.47. The van der Waals surface area contributed by atoms with Crippen molar-refractivity contribution in [3.05, 3.63) is 11.6 Å². The molecule has 3 saturated carbocycles. The molecule has 2 nitrogen and oxygen atoms in total. The van der Waals surface area contributed by atoms with Gasteiger partial charge < -0.3 is 10.2 Å². The van der Waals surface area contributed by atoms with E-state index in [9.17, 15) is 10.2 Å². The summed E-state index contributed by atoms with van der Waals surface area (Å²) in [4.78, 5) is 0. The summed E-state index contributed by atoms with van der Waals surface area (Å²) in [6.07, 6.45) is 12.2. The molecule has 0 radical (unpaired) electrons. The van der Waals surface area contributed by atoms with Crippen LogP contribution in [0.15, 0.2) is 11.6 Å². The highest BCUT2D eigenvalue weighted by Crippen LogP contribution is 2.67. The van der Waals surface area contributed by atoms with Crippen LogP contribution < -0.4 is 0 Å². The molecule has 0 saturated heterocycles. The molecule has 0 aromatic heterocycles. The average molecular weight is 319 g/mol. The molecule has 0 aromatic carbocycles. The number of hydrogen-bond acceptors (Lipinski definition) is 2. The van der Waals surface area contributed by atoms with Crippen LogP contribution in [0.25, 0.3) is 0 Å². The van der Waals surface area contributed by atoms with Crippen molar-refractivity contribution < 1.29 is 10.2 Å². The number of hydrogen-bond donors (Lipinski definition) is 2. The van der Waals surface area contributed by atoms with Gasteiger partial charge in [-0.1, -0.05) is 32.4 Å². The zero-order valence-electron chi connectivity index (χ0n) is 15.1. The fourth-order valence-corrected chi connectivity index (χ4v) is 7.33. The van der Waals surface area contributed by atoms with Crippen molar-refractivity contribution in [2.75, 3.05) is 0 Å². The van der Waals surface area contributed by atoms with Crippen LogP contribution >= 0.6 is 0 Å². The SMILES string of the molecule is CC[C@@]1(O)CC[C@H]2[C@@H]3CC=C4CC(O)CC[C@]4(C)[C@H]3CC[C@@]21C. The van der Waals surface area contributed by atoms with Gasteiger partial charge in [0, 0.05) is 0 Å². The number of allylic oxidation sites excluding steroid dienone is 1. The Morgan fingerprint density at radius 3 is 2.57 bits per heavy atom. The molecular formula is C21H34O2. The van der Waals surface area contributed by atoms with E-state index in [1.807, 2.05) is 0 Å². The van der Waals surface area contributed by atoms with E-state index in [2.05, 4.69) is 26.8 Å². The zero-order valence-corrected chi connectivity index (χ0v) is 15.1. The van der Waals surface area contributed by atoms with Crippen molar-refractivity contribution in [1.29, 1.82) is 0 Å². The molecule has 0 bridgehead atoms. The lowest BCUT2D eigenvalue weighted by Gasteiger charge is -2.59. The monoisotopic (exact) mass is 318 g/mol. The van der Waals surface area contributed by atoms with E-state index in [0.717, 1.165) is 43.9 Å². The van der Waals surface area contributed by atoms with Crippen molar-refractivity contribution in [3.8, 4) is 0 Å². The van der Waals surface area contributed by atoms with Crippen LogP contribution in [0.4, 0.5) is 0 Å². The molecule has 4 aliphatic rings. The second-order valence-electron chi connectivity index (χ2n) is 9.54. The third-order valence-corrected chi connectivity index (χ3v) is 8.98. The summed E-state index contributed by atoms with van der Waals surface area (Å²) in [5.41, 5.74) is 1.55. The van der Waals surface area contributed by atoms with Crippen LogP contribution in [0.1, 0.15) is 78.6 Å². The van der Waals surface area contributed by atoms with E-state index in [-0.39, 0.29) is 11.5 Å². The van der Waals surface area contributed by atoms with Gasteiger partial charge in [-0.2, -0.15) is 0 Å². The van der Waals surface area contributed by atoms with E-state index in [0.29, 0.717) is 11.3 Å². The smallest absolute Gasteiger partial charge is 0.0701 e. The normalized spacial score (nSPS) is 55.6. The van der Waals surface area contributed by atoms with Gasteiger partial charge in [0.05, 0.1) is 11.7 Å². The van der Waals surface area contributed by atoms with E-state index < -0.39 is 5.60 Å². The molecule has 4 rings (SSSR count). The van der Waals surface area contributed by atoms with Crippen LogP contribution in [0, 0.1) is 28.6 Å². The Hall–Kier alpha value is -0.340. The first-order chi connectivity index (χ1) is 10.8.